The van der Waals surface area contributed by atoms with Crippen LogP contribution in [0, 0.1) is 11.6 Å². The van der Waals surface area contributed by atoms with Crippen molar-refractivity contribution in [1.29, 1.82) is 0 Å². The van der Waals surface area contributed by atoms with Gasteiger partial charge in [-0.1, -0.05) is 18.2 Å². The molecule has 0 unspecified atom stereocenters. The van der Waals surface area contributed by atoms with E-state index >= 15 is 0 Å². The van der Waals surface area contributed by atoms with Gasteiger partial charge < -0.3 is 4.74 Å². The lowest BCUT2D eigenvalue weighted by Gasteiger charge is -2.13. The molecular weight excluding hydrogens is 419 g/mol. The average Bonchev–Trinajstić information content (AvgIpc) is 2.71. The maximum atomic E-state index is 14.2. The fourth-order valence-corrected chi connectivity index (χ4v) is 3.17. The zero-order valence-electron chi connectivity index (χ0n) is 15.7. The third-order valence-corrected chi connectivity index (χ3v) is 4.56. The van der Waals surface area contributed by atoms with Gasteiger partial charge in [0.2, 0.25) is 5.43 Å². The van der Waals surface area contributed by atoms with E-state index in [1.165, 1.54) is 22.9 Å². The van der Waals surface area contributed by atoms with Crippen LogP contribution in [0.2, 0.25) is 0 Å². The third kappa shape index (κ3) is 4.40. The lowest BCUT2D eigenvalue weighted by atomic mass is 10.1. The number of ether oxygens (including phenoxy) is 1. The molecular formula is C22H13F5N2O2. The van der Waals surface area contributed by atoms with Gasteiger partial charge in [-0.25, -0.2) is 8.78 Å². The highest BCUT2D eigenvalue weighted by Crippen LogP contribution is 2.26. The summed E-state index contributed by atoms with van der Waals surface area (Å²) < 4.78 is 69.8. The van der Waals surface area contributed by atoms with E-state index in [9.17, 15) is 26.7 Å². The lowest BCUT2D eigenvalue weighted by molar-refractivity contribution is -0.274. The molecule has 1 heterocycles. The predicted molar refractivity (Wildman–Crippen MR) is 104 cm³/mol. The van der Waals surface area contributed by atoms with Crippen LogP contribution in [0.25, 0.3) is 22.2 Å². The topological polar surface area (TPSA) is 44.1 Å². The van der Waals surface area contributed by atoms with Gasteiger partial charge in [0.1, 0.15) is 23.1 Å². The van der Waals surface area contributed by atoms with Crippen molar-refractivity contribution in [3.8, 4) is 17.0 Å². The molecule has 0 N–H and O–H groups in total. The Labute approximate surface area is 172 Å². The second kappa shape index (κ2) is 7.82. The molecule has 0 saturated heterocycles. The Morgan fingerprint density at radius 1 is 0.935 bits per heavy atom. The van der Waals surface area contributed by atoms with Crippen molar-refractivity contribution in [2.24, 2.45) is 0 Å². The Balaban J connectivity index is 1.81. The Bertz CT molecular complexity index is 1310. The Hall–Kier alpha value is -3.75. The maximum Gasteiger partial charge on any atom is 0.573 e. The molecule has 0 radical (unpaired) electrons. The minimum atomic E-state index is -4.84. The van der Waals surface area contributed by atoms with Gasteiger partial charge in [-0.3, -0.25) is 9.48 Å². The highest BCUT2D eigenvalue weighted by atomic mass is 19.4. The first-order chi connectivity index (χ1) is 14.7. The smallest absolute Gasteiger partial charge is 0.406 e. The number of benzene rings is 3. The first kappa shape index (κ1) is 20.5. The van der Waals surface area contributed by atoms with E-state index in [1.54, 1.807) is 24.3 Å². The number of fused-ring (bicyclic) bond motifs is 1. The molecule has 0 aliphatic heterocycles. The number of hydrogen-bond acceptors (Lipinski definition) is 3. The first-order valence-corrected chi connectivity index (χ1v) is 9.01. The second-order valence-corrected chi connectivity index (χ2v) is 6.66. The summed E-state index contributed by atoms with van der Waals surface area (Å²) in [6.07, 6.45) is -4.84. The van der Waals surface area contributed by atoms with E-state index < -0.39 is 29.2 Å². The molecule has 0 spiro atoms. The summed E-state index contributed by atoms with van der Waals surface area (Å²) in [7, 11) is 0. The molecule has 0 atom stereocenters. The molecule has 9 heteroatoms. The van der Waals surface area contributed by atoms with Crippen LogP contribution < -0.4 is 10.2 Å². The highest BCUT2D eigenvalue weighted by molar-refractivity contribution is 5.82. The molecule has 0 bridgehead atoms. The van der Waals surface area contributed by atoms with Crippen LogP contribution in [0.4, 0.5) is 22.0 Å². The molecule has 0 saturated carbocycles. The van der Waals surface area contributed by atoms with Gasteiger partial charge in [0.25, 0.3) is 0 Å². The van der Waals surface area contributed by atoms with Gasteiger partial charge in [-0.15, -0.1) is 13.2 Å². The molecule has 1 aromatic heterocycles. The van der Waals surface area contributed by atoms with Crippen LogP contribution in [-0.4, -0.2) is 16.1 Å². The first-order valence-electron chi connectivity index (χ1n) is 9.01. The monoisotopic (exact) mass is 432 g/mol. The second-order valence-electron chi connectivity index (χ2n) is 6.66. The summed E-state index contributed by atoms with van der Waals surface area (Å²) in [6, 6.07) is 14.4. The minimum Gasteiger partial charge on any atom is -0.406 e. The van der Waals surface area contributed by atoms with Gasteiger partial charge in [0.05, 0.1) is 12.1 Å². The van der Waals surface area contributed by atoms with Crippen LogP contribution >= 0.6 is 0 Å². The number of para-hydroxylation sites is 1. The summed E-state index contributed by atoms with van der Waals surface area (Å²) in [6.45, 7) is -0.0881. The van der Waals surface area contributed by atoms with Crippen LogP contribution in [0.1, 0.15) is 5.56 Å². The molecule has 0 aliphatic rings. The molecule has 31 heavy (non-hydrogen) atoms. The van der Waals surface area contributed by atoms with Crippen molar-refractivity contribution >= 4 is 10.9 Å². The van der Waals surface area contributed by atoms with Gasteiger partial charge in [-0.05, 0) is 42.5 Å². The molecule has 4 aromatic rings. The van der Waals surface area contributed by atoms with Crippen molar-refractivity contribution in [3.05, 3.63) is 94.2 Å². The normalized spacial score (nSPS) is 11.6. The Kier molecular flexibility index (Phi) is 5.18. The molecule has 3 aromatic carbocycles. The standard InChI is InChI=1S/C22H13F5N2O2/c23-15-8-5-14(18(24)11-15)12-29-19-4-2-1-3-17(19)21(30)20(28-29)13-6-9-16(10-7-13)31-22(25,26)27/h1-11H,12H2. The summed E-state index contributed by atoms with van der Waals surface area (Å²) in [5.74, 6) is -1.92. The van der Waals surface area contributed by atoms with Gasteiger partial charge in [-0.2, -0.15) is 5.10 Å². The average molecular weight is 432 g/mol. The number of halogens is 5. The zero-order chi connectivity index (χ0) is 22.2. The van der Waals surface area contributed by atoms with E-state index in [-0.39, 0.29) is 23.4 Å². The Morgan fingerprint density at radius 2 is 1.65 bits per heavy atom. The zero-order valence-corrected chi connectivity index (χ0v) is 15.7. The molecule has 4 rings (SSSR count). The van der Waals surface area contributed by atoms with Gasteiger partial charge in [0, 0.05) is 22.6 Å². The number of aromatic nitrogens is 2. The van der Waals surface area contributed by atoms with Gasteiger partial charge in [0.15, 0.2) is 0 Å². The minimum absolute atomic E-state index is 0.0280. The van der Waals surface area contributed by atoms with Crippen molar-refractivity contribution in [2.75, 3.05) is 0 Å². The van der Waals surface area contributed by atoms with Crippen molar-refractivity contribution in [2.45, 2.75) is 12.9 Å². The molecule has 0 amide bonds. The predicted octanol–water partition coefficient (Wildman–Crippen LogP) is 5.29. The van der Waals surface area contributed by atoms with E-state index in [1.807, 2.05) is 0 Å². The SMILES string of the molecule is O=c1c(-c2ccc(OC(F)(F)F)cc2)nn(Cc2ccc(F)cc2F)c2ccccc12. The molecule has 4 nitrogen and oxygen atoms in total. The van der Waals surface area contributed by atoms with Crippen LogP contribution in [0.5, 0.6) is 5.75 Å². The number of alkyl halides is 3. The Morgan fingerprint density at radius 3 is 2.32 bits per heavy atom. The maximum absolute atomic E-state index is 14.2. The van der Waals surface area contributed by atoms with Crippen LogP contribution in [0.15, 0.2) is 71.5 Å². The van der Waals surface area contributed by atoms with Crippen LogP contribution in [0.3, 0.4) is 0 Å². The van der Waals surface area contributed by atoms with E-state index in [0.717, 1.165) is 24.3 Å². The summed E-state index contributed by atoms with van der Waals surface area (Å²) >= 11 is 0. The fraction of sp³-hybridized carbons (Fsp3) is 0.0909. The number of hydrogen-bond donors (Lipinski definition) is 0. The van der Waals surface area contributed by atoms with E-state index in [4.69, 9.17) is 0 Å². The molecule has 0 aliphatic carbocycles. The largest absolute Gasteiger partial charge is 0.573 e. The summed E-state index contributed by atoms with van der Waals surface area (Å²) in [4.78, 5) is 12.9. The summed E-state index contributed by atoms with van der Waals surface area (Å²) in [5.41, 5.74) is 0.383. The quantitative estimate of drug-likeness (QED) is 0.412. The van der Waals surface area contributed by atoms with Gasteiger partial charge >= 0.3 is 6.36 Å². The van der Waals surface area contributed by atoms with Crippen molar-refractivity contribution in [1.82, 2.24) is 9.78 Å². The van der Waals surface area contributed by atoms with E-state index in [0.29, 0.717) is 10.9 Å². The molecule has 158 valence electrons. The fourth-order valence-electron chi connectivity index (χ4n) is 3.17. The molecule has 0 fully saturated rings. The van der Waals surface area contributed by atoms with Crippen molar-refractivity contribution in [3.63, 3.8) is 0 Å². The lowest BCUT2D eigenvalue weighted by Crippen LogP contribution is -2.18. The third-order valence-electron chi connectivity index (χ3n) is 4.56. The number of rotatable bonds is 4. The van der Waals surface area contributed by atoms with E-state index in [2.05, 4.69) is 9.84 Å². The summed E-state index contributed by atoms with van der Waals surface area (Å²) in [5, 5.41) is 4.61. The van der Waals surface area contributed by atoms with Crippen LogP contribution in [-0.2, 0) is 6.54 Å². The van der Waals surface area contributed by atoms with Crippen molar-refractivity contribution < 1.29 is 26.7 Å². The number of nitrogens with zero attached hydrogens (tertiary/aromatic N) is 2. The highest BCUT2D eigenvalue weighted by Gasteiger charge is 2.31.